The van der Waals surface area contributed by atoms with Gasteiger partial charge in [0.15, 0.2) is 0 Å². The van der Waals surface area contributed by atoms with Gasteiger partial charge in [0.2, 0.25) is 5.91 Å². The Morgan fingerprint density at radius 3 is 2.83 bits per heavy atom. The van der Waals surface area contributed by atoms with Gasteiger partial charge in [0.05, 0.1) is 25.9 Å². The highest BCUT2D eigenvalue weighted by Gasteiger charge is 2.43. The average Bonchev–Trinajstić information content (AvgIpc) is 2.97. The minimum absolute atomic E-state index is 0.177. The third-order valence-corrected chi connectivity index (χ3v) is 5.64. The van der Waals surface area contributed by atoms with Crippen LogP contribution in [-0.4, -0.2) is 36.6 Å². The quantitative estimate of drug-likeness (QED) is 0.797. The lowest BCUT2D eigenvalue weighted by molar-refractivity contribution is -0.131. The van der Waals surface area contributed by atoms with Crippen LogP contribution in [0, 0.1) is 5.92 Å². The van der Waals surface area contributed by atoms with E-state index in [2.05, 4.69) is 23.1 Å². The minimum atomic E-state index is 0.177. The number of ether oxygens (including phenoxy) is 2. The second-order valence-electron chi connectivity index (χ2n) is 7.11. The highest BCUT2D eigenvalue weighted by Crippen LogP contribution is 2.41. The van der Waals surface area contributed by atoms with E-state index in [0.29, 0.717) is 30.9 Å². The largest absolute Gasteiger partial charge is 0.497 e. The van der Waals surface area contributed by atoms with Crippen molar-refractivity contribution in [3.05, 3.63) is 41.5 Å². The Morgan fingerprint density at radius 1 is 1.21 bits per heavy atom. The third kappa shape index (κ3) is 2.95. The van der Waals surface area contributed by atoms with Crippen LogP contribution in [-0.2, 0) is 16.1 Å². The number of carbonyl (C=O) groups excluding carboxylic acids is 1. The lowest BCUT2D eigenvalue weighted by atomic mass is 9.82. The normalized spacial score (nSPS) is 29.0. The van der Waals surface area contributed by atoms with Crippen molar-refractivity contribution in [1.29, 1.82) is 0 Å². The first kappa shape index (κ1) is 15.7. The zero-order valence-electron chi connectivity index (χ0n) is 14.2. The SMILES string of the molecule is COc1ccc(CO[C@H]2C=C3CCCC(=O)N4CC[C@H](C2)[C@@H]34)cc1. The van der Waals surface area contributed by atoms with E-state index in [1.807, 2.05) is 12.1 Å². The molecule has 2 heterocycles. The molecule has 2 saturated heterocycles. The third-order valence-electron chi connectivity index (χ3n) is 5.64. The summed E-state index contributed by atoms with van der Waals surface area (Å²) in [5.74, 6) is 1.80. The second-order valence-corrected chi connectivity index (χ2v) is 7.11. The monoisotopic (exact) mass is 327 g/mol. The Morgan fingerprint density at radius 2 is 2.04 bits per heavy atom. The summed E-state index contributed by atoms with van der Waals surface area (Å²) in [6.07, 6.45) is 7.38. The topological polar surface area (TPSA) is 38.8 Å². The van der Waals surface area contributed by atoms with E-state index in [0.717, 1.165) is 38.0 Å². The molecule has 128 valence electrons. The Labute approximate surface area is 143 Å². The Kier molecular flexibility index (Phi) is 4.31. The first-order valence-electron chi connectivity index (χ1n) is 8.99. The van der Waals surface area contributed by atoms with Crippen LogP contribution in [0.2, 0.25) is 0 Å². The fourth-order valence-corrected chi connectivity index (χ4v) is 4.45. The number of hydrogen-bond donors (Lipinski definition) is 0. The number of rotatable bonds is 4. The van der Waals surface area contributed by atoms with Crippen molar-refractivity contribution in [1.82, 2.24) is 4.90 Å². The van der Waals surface area contributed by atoms with Gasteiger partial charge in [-0.3, -0.25) is 4.79 Å². The predicted molar refractivity (Wildman–Crippen MR) is 91.7 cm³/mol. The van der Waals surface area contributed by atoms with Crippen molar-refractivity contribution in [2.75, 3.05) is 13.7 Å². The zero-order chi connectivity index (χ0) is 16.5. The van der Waals surface area contributed by atoms with Gasteiger partial charge >= 0.3 is 0 Å². The van der Waals surface area contributed by atoms with E-state index in [-0.39, 0.29) is 6.10 Å². The van der Waals surface area contributed by atoms with E-state index in [4.69, 9.17) is 9.47 Å². The molecule has 0 radical (unpaired) electrons. The van der Waals surface area contributed by atoms with E-state index in [1.54, 1.807) is 7.11 Å². The number of methoxy groups -OCH3 is 1. The van der Waals surface area contributed by atoms with Crippen LogP contribution in [0.25, 0.3) is 0 Å². The maximum atomic E-state index is 12.2. The molecule has 3 atom stereocenters. The summed E-state index contributed by atoms with van der Waals surface area (Å²) in [5.41, 5.74) is 2.61. The molecule has 0 aromatic heterocycles. The summed E-state index contributed by atoms with van der Waals surface area (Å²) < 4.78 is 11.4. The van der Waals surface area contributed by atoms with Crippen LogP contribution in [0.5, 0.6) is 5.75 Å². The van der Waals surface area contributed by atoms with Gasteiger partial charge < -0.3 is 14.4 Å². The van der Waals surface area contributed by atoms with Gasteiger partial charge in [-0.05, 0) is 54.9 Å². The molecule has 0 spiro atoms. The molecule has 0 bridgehead atoms. The number of amides is 1. The number of nitrogens with zero attached hydrogens (tertiary/aromatic N) is 1. The summed E-state index contributed by atoms with van der Waals surface area (Å²) in [6, 6.07) is 8.42. The van der Waals surface area contributed by atoms with Crippen LogP contribution < -0.4 is 4.74 Å². The maximum absolute atomic E-state index is 12.2. The Hall–Kier alpha value is -1.81. The van der Waals surface area contributed by atoms with Gasteiger partial charge in [-0.15, -0.1) is 0 Å². The van der Waals surface area contributed by atoms with Crippen LogP contribution in [0.4, 0.5) is 0 Å². The van der Waals surface area contributed by atoms with Crippen molar-refractivity contribution in [2.45, 2.75) is 50.9 Å². The molecule has 4 heteroatoms. The Balaban J connectivity index is 1.44. The smallest absolute Gasteiger partial charge is 0.223 e. The molecule has 0 N–H and O–H groups in total. The molecule has 0 saturated carbocycles. The van der Waals surface area contributed by atoms with Crippen molar-refractivity contribution < 1.29 is 14.3 Å². The van der Waals surface area contributed by atoms with Gasteiger partial charge in [0.1, 0.15) is 5.75 Å². The first-order valence-corrected chi connectivity index (χ1v) is 8.99. The second kappa shape index (κ2) is 6.60. The van der Waals surface area contributed by atoms with Crippen molar-refractivity contribution >= 4 is 5.91 Å². The van der Waals surface area contributed by atoms with E-state index in [9.17, 15) is 4.79 Å². The molecule has 2 aliphatic heterocycles. The molecule has 3 aliphatic rings. The van der Waals surface area contributed by atoms with E-state index >= 15 is 0 Å². The van der Waals surface area contributed by atoms with E-state index in [1.165, 1.54) is 11.1 Å². The maximum Gasteiger partial charge on any atom is 0.223 e. The fourth-order valence-electron chi connectivity index (χ4n) is 4.45. The molecule has 1 aromatic carbocycles. The van der Waals surface area contributed by atoms with Gasteiger partial charge in [0.25, 0.3) is 0 Å². The van der Waals surface area contributed by atoms with Gasteiger partial charge in [0, 0.05) is 13.0 Å². The van der Waals surface area contributed by atoms with Crippen molar-refractivity contribution in [2.24, 2.45) is 5.92 Å². The highest BCUT2D eigenvalue weighted by atomic mass is 16.5. The summed E-state index contributed by atoms with van der Waals surface area (Å²) in [5, 5.41) is 0. The average molecular weight is 327 g/mol. The number of benzene rings is 1. The molecular formula is C20H25NO3. The zero-order valence-corrected chi connectivity index (χ0v) is 14.2. The first-order chi connectivity index (χ1) is 11.7. The standard InChI is InChI=1S/C20H25NO3/c1-23-17-7-5-14(6-8-17)13-24-18-11-15-3-2-4-19(22)21-10-9-16(12-18)20(15)21/h5-8,11,16,18,20H,2-4,9-10,12-13H2,1H3/t16-,18+,20-/m1/s1. The van der Waals surface area contributed by atoms with Gasteiger partial charge in [-0.2, -0.15) is 0 Å². The number of carbonyl (C=O) groups is 1. The summed E-state index contributed by atoms with van der Waals surface area (Å²) in [4.78, 5) is 14.4. The molecule has 4 rings (SSSR count). The van der Waals surface area contributed by atoms with Crippen LogP contribution >= 0.6 is 0 Å². The molecule has 1 amide bonds. The molecule has 1 aromatic rings. The molecule has 1 aliphatic carbocycles. The summed E-state index contributed by atoms with van der Waals surface area (Å²) in [7, 11) is 1.68. The lowest BCUT2D eigenvalue weighted by Gasteiger charge is -2.34. The molecule has 0 unspecified atom stereocenters. The summed E-state index contributed by atoms with van der Waals surface area (Å²) in [6.45, 7) is 1.55. The van der Waals surface area contributed by atoms with Gasteiger partial charge in [-0.1, -0.05) is 18.2 Å². The van der Waals surface area contributed by atoms with Crippen molar-refractivity contribution in [3.63, 3.8) is 0 Å². The summed E-state index contributed by atoms with van der Waals surface area (Å²) >= 11 is 0. The van der Waals surface area contributed by atoms with Crippen LogP contribution in [0.15, 0.2) is 35.9 Å². The van der Waals surface area contributed by atoms with Crippen LogP contribution in [0.1, 0.15) is 37.7 Å². The van der Waals surface area contributed by atoms with Crippen molar-refractivity contribution in [3.8, 4) is 5.75 Å². The van der Waals surface area contributed by atoms with Gasteiger partial charge in [-0.25, -0.2) is 0 Å². The molecular weight excluding hydrogens is 302 g/mol. The molecule has 24 heavy (non-hydrogen) atoms. The number of hydrogen-bond acceptors (Lipinski definition) is 3. The Bertz CT molecular complexity index is 637. The molecule has 4 nitrogen and oxygen atoms in total. The predicted octanol–water partition coefficient (Wildman–Crippen LogP) is 3.31. The van der Waals surface area contributed by atoms with Crippen LogP contribution in [0.3, 0.4) is 0 Å². The minimum Gasteiger partial charge on any atom is -0.497 e. The fraction of sp³-hybridized carbons (Fsp3) is 0.550. The lowest BCUT2D eigenvalue weighted by Crippen LogP contribution is -2.40. The van der Waals surface area contributed by atoms with E-state index < -0.39 is 0 Å². The highest BCUT2D eigenvalue weighted by molar-refractivity contribution is 5.78. The molecule has 2 fully saturated rings.